The molecule has 0 aliphatic carbocycles. The molecule has 1 rings (SSSR count). The Labute approximate surface area is 38.5 Å². The van der Waals surface area contributed by atoms with Gasteiger partial charge < -0.3 is 0 Å². The average molecular weight is 107 g/mol. The molecule has 0 amide bonds. The molecule has 1 N–H and O–H groups in total. The molecule has 1 aliphatic heterocycles. The average Bonchev–Trinajstić information content (AvgIpc) is 1.76. The van der Waals surface area contributed by atoms with E-state index in [1.54, 1.807) is 0 Å². The van der Waals surface area contributed by atoms with Crippen LogP contribution < -0.4 is 5.32 Å². The van der Waals surface area contributed by atoms with Crippen LogP contribution >= 0.6 is 21.2 Å². The Bertz CT molecular complexity index is 45.6. The highest BCUT2D eigenvalue weighted by molar-refractivity contribution is 8.75. The van der Waals surface area contributed by atoms with Gasteiger partial charge in [0, 0.05) is 5.49 Å². The molecule has 3 heteroatoms. The van der Waals surface area contributed by atoms with Crippen molar-refractivity contribution in [3.63, 3.8) is 0 Å². The van der Waals surface area contributed by atoms with Crippen molar-refractivity contribution in [3.05, 3.63) is 0 Å². The third-order valence-electron chi connectivity index (χ3n) is 0.366. The van der Waals surface area contributed by atoms with Crippen LogP contribution in [0.4, 0.5) is 0 Å². The fourth-order valence-corrected chi connectivity index (χ4v) is 1.68. The summed E-state index contributed by atoms with van der Waals surface area (Å²) in [5, 5.41) is 3.05. The Morgan fingerprint density at radius 1 is 2.00 bits per heavy atom. The Balaban J connectivity index is 2.32. The monoisotopic (exact) mass is 107 g/mol. The maximum absolute atomic E-state index is 3.05. The summed E-state index contributed by atoms with van der Waals surface area (Å²) in [7, 11) is 3.25. The van der Waals surface area contributed by atoms with E-state index in [0.717, 1.165) is 5.88 Å². The lowest BCUT2D eigenvalue weighted by molar-refractivity contribution is 1.20. The van der Waals surface area contributed by atoms with Crippen molar-refractivity contribution in [2.45, 2.75) is 0 Å². The van der Waals surface area contributed by atoms with Crippen LogP contribution in [0.3, 0.4) is 0 Å². The van der Waals surface area contributed by atoms with E-state index in [4.69, 9.17) is 0 Å². The molecule has 0 aromatic carbocycles. The van der Waals surface area contributed by atoms with Gasteiger partial charge >= 0.3 is 0 Å². The minimum absolute atomic E-state index is 1.10. The number of thiol groups is 1. The standard InChI is InChI=1S/C2H5NS2/c1-3-2-5-4-1/h1,3-4H,2H2. The Kier molecular flexibility index (Phi) is 1.37. The van der Waals surface area contributed by atoms with Crippen LogP contribution in [-0.4, -0.2) is 11.4 Å². The van der Waals surface area contributed by atoms with Crippen molar-refractivity contribution in [2.24, 2.45) is 0 Å². The number of rotatable bonds is 0. The van der Waals surface area contributed by atoms with E-state index in [1.165, 1.54) is 10.4 Å². The van der Waals surface area contributed by atoms with Gasteiger partial charge in [-0.25, -0.2) is 0 Å². The molecule has 0 unspecified atom stereocenters. The van der Waals surface area contributed by atoms with Gasteiger partial charge in [-0.15, -0.1) is 10.4 Å². The van der Waals surface area contributed by atoms with Gasteiger partial charge in [0.05, 0.1) is 5.88 Å². The van der Waals surface area contributed by atoms with Crippen LogP contribution in [0.15, 0.2) is 0 Å². The van der Waals surface area contributed by atoms with Gasteiger partial charge in [0.1, 0.15) is 0 Å². The molecule has 0 atom stereocenters. The SMILES string of the molecule is C1=[SH]SCN1. The highest BCUT2D eigenvalue weighted by Crippen LogP contribution is 2.11. The summed E-state index contributed by atoms with van der Waals surface area (Å²) in [6, 6.07) is 0. The lowest BCUT2D eigenvalue weighted by Gasteiger charge is -1.73. The first-order valence-corrected chi connectivity index (χ1v) is 3.93. The van der Waals surface area contributed by atoms with Crippen molar-refractivity contribution < 1.29 is 0 Å². The molecule has 0 saturated heterocycles. The van der Waals surface area contributed by atoms with Crippen molar-refractivity contribution in [3.8, 4) is 0 Å². The summed E-state index contributed by atoms with van der Waals surface area (Å²) < 4.78 is 0. The molecule has 0 fully saturated rings. The normalized spacial score (nSPS) is 22.4. The van der Waals surface area contributed by atoms with Crippen LogP contribution in [-0.2, 0) is 0 Å². The predicted octanol–water partition coefficient (Wildman–Crippen LogP) is 0.420. The minimum atomic E-state index is 1.10. The molecular weight excluding hydrogens is 102 g/mol. The highest BCUT2D eigenvalue weighted by atomic mass is 33.1. The maximum atomic E-state index is 3.05. The molecule has 0 bridgehead atoms. The lowest BCUT2D eigenvalue weighted by Crippen LogP contribution is -2.00. The number of nitrogens with one attached hydrogen (secondary N) is 1. The fraction of sp³-hybridized carbons (Fsp3) is 0.500. The van der Waals surface area contributed by atoms with E-state index < -0.39 is 0 Å². The van der Waals surface area contributed by atoms with Gasteiger partial charge in [-0.3, -0.25) is 5.32 Å². The Hall–Kier alpha value is 0.530. The second kappa shape index (κ2) is 1.85. The van der Waals surface area contributed by atoms with Crippen LogP contribution in [0.1, 0.15) is 0 Å². The van der Waals surface area contributed by atoms with Crippen LogP contribution in [0.5, 0.6) is 0 Å². The zero-order valence-electron chi connectivity index (χ0n) is 2.64. The van der Waals surface area contributed by atoms with Crippen molar-refractivity contribution in [1.82, 2.24) is 5.32 Å². The molecule has 30 valence electrons. The molecule has 0 radical (unpaired) electrons. The van der Waals surface area contributed by atoms with Gasteiger partial charge in [-0.2, -0.15) is 0 Å². The summed E-state index contributed by atoms with van der Waals surface area (Å²) in [5.41, 5.74) is 2.05. The Morgan fingerprint density at radius 2 is 3.00 bits per heavy atom. The first-order valence-electron chi connectivity index (χ1n) is 1.37. The van der Waals surface area contributed by atoms with Crippen molar-refractivity contribution >= 4 is 26.7 Å². The van der Waals surface area contributed by atoms with E-state index in [-0.39, 0.29) is 0 Å². The van der Waals surface area contributed by atoms with Crippen LogP contribution in [0, 0.1) is 0 Å². The smallest absolute Gasteiger partial charge is 0.0557 e. The van der Waals surface area contributed by atoms with Gasteiger partial charge in [0.25, 0.3) is 0 Å². The third kappa shape index (κ3) is 0.948. The zero-order valence-corrected chi connectivity index (χ0v) is 4.35. The first-order chi connectivity index (χ1) is 2.50. The summed E-state index contributed by atoms with van der Waals surface area (Å²) in [6.45, 7) is 0. The topological polar surface area (TPSA) is 12.0 Å². The summed E-state index contributed by atoms with van der Waals surface area (Å²) >= 11 is 0. The molecule has 1 aliphatic rings. The molecule has 0 spiro atoms. The molecule has 5 heavy (non-hydrogen) atoms. The number of hydrogen-bond donors (Lipinski definition) is 2. The molecule has 0 aromatic heterocycles. The van der Waals surface area contributed by atoms with E-state index in [0.29, 0.717) is 0 Å². The van der Waals surface area contributed by atoms with Crippen LogP contribution in [0.25, 0.3) is 0 Å². The number of hydrogen-bond acceptors (Lipinski definition) is 2. The second-order valence-corrected chi connectivity index (χ2v) is 3.14. The van der Waals surface area contributed by atoms with Gasteiger partial charge in [0.15, 0.2) is 0 Å². The predicted molar refractivity (Wildman–Crippen MR) is 30.6 cm³/mol. The maximum Gasteiger partial charge on any atom is 0.0557 e. The summed E-state index contributed by atoms with van der Waals surface area (Å²) in [5.74, 6) is 1.10. The minimum Gasteiger partial charge on any atom is -0.279 e. The summed E-state index contributed by atoms with van der Waals surface area (Å²) in [4.78, 5) is 0. The Morgan fingerprint density at radius 3 is 3.20 bits per heavy atom. The molecule has 0 aromatic rings. The third-order valence-corrected chi connectivity index (χ3v) is 2.25. The second-order valence-electron chi connectivity index (χ2n) is 0.712. The van der Waals surface area contributed by atoms with Gasteiger partial charge in [-0.05, 0) is 0 Å². The van der Waals surface area contributed by atoms with Gasteiger partial charge in [-0.1, -0.05) is 10.8 Å². The van der Waals surface area contributed by atoms with E-state index in [9.17, 15) is 0 Å². The highest BCUT2D eigenvalue weighted by Gasteiger charge is 1.82. The van der Waals surface area contributed by atoms with E-state index in [1.807, 2.05) is 16.3 Å². The molecule has 0 saturated carbocycles. The van der Waals surface area contributed by atoms with Gasteiger partial charge in [0.2, 0.25) is 0 Å². The molecule has 1 heterocycles. The quantitative estimate of drug-likeness (QED) is 0.264. The van der Waals surface area contributed by atoms with Crippen molar-refractivity contribution in [2.75, 3.05) is 5.88 Å². The lowest BCUT2D eigenvalue weighted by atomic mass is 11.3. The van der Waals surface area contributed by atoms with Crippen LogP contribution in [0.2, 0.25) is 0 Å². The largest absolute Gasteiger partial charge is 0.279 e. The summed E-state index contributed by atoms with van der Waals surface area (Å²) in [6.07, 6.45) is 0. The fourth-order valence-electron chi connectivity index (χ4n) is 0.186. The molecular formula is C2H5NS2. The zero-order chi connectivity index (χ0) is 3.54. The molecule has 1 nitrogen and oxygen atoms in total. The first kappa shape index (κ1) is 3.71. The van der Waals surface area contributed by atoms with E-state index >= 15 is 0 Å². The van der Waals surface area contributed by atoms with Crippen molar-refractivity contribution in [1.29, 1.82) is 0 Å². The van der Waals surface area contributed by atoms with E-state index in [2.05, 4.69) is 5.32 Å².